The molecule has 0 spiro atoms. The number of halogens is 1. The Morgan fingerprint density at radius 1 is 1.37 bits per heavy atom. The average molecular weight is 281 g/mol. The zero-order valence-corrected chi connectivity index (χ0v) is 11.5. The molecule has 0 radical (unpaired) electrons. The van der Waals surface area contributed by atoms with Gasteiger partial charge in [0.05, 0.1) is 17.7 Å². The highest BCUT2D eigenvalue weighted by Crippen LogP contribution is 2.20. The van der Waals surface area contributed by atoms with E-state index in [-0.39, 0.29) is 5.88 Å². The molecule has 0 aliphatic carbocycles. The lowest BCUT2D eigenvalue weighted by Crippen LogP contribution is -2.21. The van der Waals surface area contributed by atoms with Crippen molar-refractivity contribution in [1.82, 2.24) is 14.8 Å². The lowest BCUT2D eigenvalue weighted by atomic mass is 10.1. The largest absolute Gasteiger partial charge is 0.390 e. The van der Waals surface area contributed by atoms with Crippen LogP contribution in [0.15, 0.2) is 30.9 Å². The van der Waals surface area contributed by atoms with Crippen molar-refractivity contribution in [2.24, 2.45) is 0 Å². The third-order valence-corrected chi connectivity index (χ3v) is 3.25. The third kappa shape index (κ3) is 3.45. The quantitative estimate of drug-likeness (QED) is 0.793. The Balaban J connectivity index is 2.21. The molecule has 0 bridgehead atoms. The van der Waals surface area contributed by atoms with Gasteiger partial charge in [0.25, 0.3) is 0 Å². The fraction of sp³-hybridized carbons (Fsp3) is 0.385. The van der Waals surface area contributed by atoms with Crippen LogP contribution in [-0.4, -0.2) is 38.4 Å². The summed E-state index contributed by atoms with van der Waals surface area (Å²) in [4.78, 5) is 0. The summed E-state index contributed by atoms with van der Waals surface area (Å²) in [5.74, 6) is 0.222. The SMILES string of the molecule is CCc1ccc(-n2cnnc2)cc1NCC(O)CCl. The van der Waals surface area contributed by atoms with Crippen molar-refractivity contribution in [3.8, 4) is 5.69 Å². The third-order valence-electron chi connectivity index (χ3n) is 2.90. The smallest absolute Gasteiger partial charge is 0.123 e. The van der Waals surface area contributed by atoms with Crippen molar-refractivity contribution in [3.63, 3.8) is 0 Å². The maximum Gasteiger partial charge on any atom is 0.123 e. The molecule has 2 aromatic rings. The van der Waals surface area contributed by atoms with E-state index in [1.165, 1.54) is 5.56 Å². The van der Waals surface area contributed by atoms with E-state index in [2.05, 4.69) is 28.5 Å². The van der Waals surface area contributed by atoms with Crippen molar-refractivity contribution in [1.29, 1.82) is 0 Å². The number of aliphatic hydroxyl groups excluding tert-OH is 1. The standard InChI is InChI=1S/C13H17ClN4O/c1-2-10-3-4-11(18-8-16-17-9-18)5-13(10)15-7-12(19)6-14/h3-5,8-9,12,15,19H,2,6-7H2,1H3. The lowest BCUT2D eigenvalue weighted by Gasteiger charge is -2.15. The van der Waals surface area contributed by atoms with Gasteiger partial charge in [-0.1, -0.05) is 13.0 Å². The number of nitrogens with zero attached hydrogens (tertiary/aromatic N) is 3. The maximum absolute atomic E-state index is 9.52. The number of rotatable bonds is 6. The number of aromatic nitrogens is 3. The average Bonchev–Trinajstić information content (AvgIpc) is 2.98. The molecule has 0 amide bonds. The molecule has 5 nitrogen and oxygen atoms in total. The normalized spacial score (nSPS) is 12.4. The number of aliphatic hydroxyl groups is 1. The van der Waals surface area contributed by atoms with E-state index < -0.39 is 6.10 Å². The van der Waals surface area contributed by atoms with Crippen molar-refractivity contribution in [3.05, 3.63) is 36.4 Å². The molecule has 1 heterocycles. The van der Waals surface area contributed by atoms with E-state index in [9.17, 15) is 5.11 Å². The molecule has 102 valence electrons. The minimum atomic E-state index is -0.551. The van der Waals surface area contributed by atoms with Crippen LogP contribution >= 0.6 is 11.6 Å². The predicted molar refractivity (Wildman–Crippen MR) is 76.0 cm³/mol. The Hall–Kier alpha value is -1.59. The second-order valence-corrected chi connectivity index (χ2v) is 4.56. The topological polar surface area (TPSA) is 63.0 Å². The highest BCUT2D eigenvalue weighted by Gasteiger charge is 2.06. The van der Waals surface area contributed by atoms with Gasteiger partial charge in [0.2, 0.25) is 0 Å². The maximum atomic E-state index is 9.52. The van der Waals surface area contributed by atoms with Crippen LogP contribution in [0.4, 0.5) is 5.69 Å². The van der Waals surface area contributed by atoms with Gasteiger partial charge in [0, 0.05) is 12.2 Å². The summed E-state index contributed by atoms with van der Waals surface area (Å²) in [5.41, 5.74) is 3.17. The molecule has 6 heteroatoms. The minimum Gasteiger partial charge on any atom is -0.390 e. The highest BCUT2D eigenvalue weighted by atomic mass is 35.5. The Kier molecular flexibility index (Phi) is 4.76. The van der Waals surface area contributed by atoms with Crippen LogP contribution in [0.1, 0.15) is 12.5 Å². The van der Waals surface area contributed by atoms with Crippen LogP contribution in [0.5, 0.6) is 0 Å². The van der Waals surface area contributed by atoms with Crippen molar-refractivity contribution < 1.29 is 5.11 Å². The summed E-state index contributed by atoms with van der Waals surface area (Å²) in [6, 6.07) is 6.10. The molecule has 2 N–H and O–H groups in total. The first-order valence-electron chi connectivity index (χ1n) is 6.20. The molecule has 0 saturated heterocycles. The second kappa shape index (κ2) is 6.54. The molecule has 2 rings (SSSR count). The van der Waals surface area contributed by atoms with Crippen molar-refractivity contribution in [2.75, 3.05) is 17.7 Å². The lowest BCUT2D eigenvalue weighted by molar-refractivity contribution is 0.211. The number of hydrogen-bond acceptors (Lipinski definition) is 4. The Bertz CT molecular complexity index is 515. The molecule has 0 saturated carbocycles. The Morgan fingerprint density at radius 3 is 2.74 bits per heavy atom. The summed E-state index contributed by atoms with van der Waals surface area (Å²) < 4.78 is 1.84. The van der Waals surface area contributed by atoms with Crippen LogP contribution in [-0.2, 0) is 6.42 Å². The summed E-state index contributed by atoms with van der Waals surface area (Å²) >= 11 is 5.59. The fourth-order valence-corrected chi connectivity index (χ4v) is 1.92. The van der Waals surface area contributed by atoms with Gasteiger partial charge in [-0.25, -0.2) is 0 Å². The van der Waals surface area contributed by atoms with Gasteiger partial charge in [-0.2, -0.15) is 0 Å². The van der Waals surface area contributed by atoms with E-state index in [1.807, 2.05) is 16.7 Å². The zero-order valence-electron chi connectivity index (χ0n) is 10.8. The molecule has 0 aliphatic heterocycles. The number of benzene rings is 1. The Labute approximate surface area is 117 Å². The van der Waals surface area contributed by atoms with Crippen LogP contribution in [0.25, 0.3) is 5.69 Å². The molecule has 19 heavy (non-hydrogen) atoms. The molecular weight excluding hydrogens is 264 g/mol. The van der Waals surface area contributed by atoms with Gasteiger partial charge in [-0.3, -0.25) is 4.57 Å². The highest BCUT2D eigenvalue weighted by molar-refractivity contribution is 6.18. The molecule has 1 aromatic heterocycles. The number of aryl methyl sites for hydroxylation is 1. The predicted octanol–water partition coefficient (Wildman–Crippen LogP) is 1.84. The van der Waals surface area contributed by atoms with E-state index in [1.54, 1.807) is 12.7 Å². The molecule has 1 unspecified atom stereocenters. The van der Waals surface area contributed by atoms with Crippen molar-refractivity contribution in [2.45, 2.75) is 19.4 Å². The van der Waals surface area contributed by atoms with Gasteiger partial charge >= 0.3 is 0 Å². The van der Waals surface area contributed by atoms with Gasteiger partial charge in [0.1, 0.15) is 12.7 Å². The van der Waals surface area contributed by atoms with Gasteiger partial charge in [0.15, 0.2) is 0 Å². The summed E-state index contributed by atoms with van der Waals surface area (Å²) in [6.45, 7) is 2.53. The van der Waals surface area contributed by atoms with Gasteiger partial charge in [-0.15, -0.1) is 21.8 Å². The van der Waals surface area contributed by atoms with Crippen LogP contribution in [0.3, 0.4) is 0 Å². The summed E-state index contributed by atoms with van der Waals surface area (Å²) in [5, 5.41) is 20.3. The number of alkyl halides is 1. The van der Waals surface area contributed by atoms with Crippen molar-refractivity contribution >= 4 is 17.3 Å². The molecule has 1 atom stereocenters. The summed E-state index contributed by atoms with van der Waals surface area (Å²) in [6.07, 6.45) is 3.67. The first-order valence-corrected chi connectivity index (χ1v) is 6.74. The van der Waals surface area contributed by atoms with E-state index >= 15 is 0 Å². The van der Waals surface area contributed by atoms with E-state index in [4.69, 9.17) is 11.6 Å². The minimum absolute atomic E-state index is 0.222. The van der Waals surface area contributed by atoms with Gasteiger partial charge < -0.3 is 10.4 Å². The molecule has 0 fully saturated rings. The zero-order chi connectivity index (χ0) is 13.7. The molecular formula is C13H17ClN4O. The van der Waals surface area contributed by atoms with Crippen LogP contribution in [0.2, 0.25) is 0 Å². The number of nitrogens with one attached hydrogen (secondary N) is 1. The van der Waals surface area contributed by atoms with Gasteiger partial charge in [-0.05, 0) is 24.1 Å². The Morgan fingerprint density at radius 2 is 2.11 bits per heavy atom. The monoisotopic (exact) mass is 280 g/mol. The molecule has 0 aliphatic rings. The molecule has 1 aromatic carbocycles. The van der Waals surface area contributed by atoms with E-state index in [0.717, 1.165) is 17.8 Å². The first-order chi connectivity index (χ1) is 9.24. The number of anilines is 1. The van der Waals surface area contributed by atoms with E-state index in [0.29, 0.717) is 6.54 Å². The summed E-state index contributed by atoms with van der Waals surface area (Å²) in [7, 11) is 0. The van der Waals surface area contributed by atoms with Crippen LogP contribution < -0.4 is 5.32 Å². The second-order valence-electron chi connectivity index (χ2n) is 4.25. The number of hydrogen-bond donors (Lipinski definition) is 2. The van der Waals surface area contributed by atoms with Crippen LogP contribution in [0, 0.1) is 0 Å². The first kappa shape index (κ1) is 13.8. The fourth-order valence-electron chi connectivity index (χ4n) is 1.81.